The number of ketones is 1. The number of ether oxygens (including phenoxy) is 2. The quantitative estimate of drug-likeness (QED) is 0.0553. The van der Waals surface area contributed by atoms with Crippen molar-refractivity contribution >= 4 is 5.78 Å². The summed E-state index contributed by atoms with van der Waals surface area (Å²) in [6.45, 7) is 57.5. The van der Waals surface area contributed by atoms with Crippen LogP contribution in [0.1, 0.15) is 215 Å². The minimum absolute atomic E-state index is 0.0182. The summed E-state index contributed by atoms with van der Waals surface area (Å²) in [5.74, 6) is 1.47. The van der Waals surface area contributed by atoms with Crippen molar-refractivity contribution in [1.82, 2.24) is 0 Å². The Bertz CT molecular complexity index is 2480. The monoisotopic (exact) mass is 1050 g/mol. The Hall–Kier alpha value is -4.57. The molecule has 3 heteroatoms. The van der Waals surface area contributed by atoms with Crippen LogP contribution in [0.3, 0.4) is 0 Å². The molecule has 3 nitrogen and oxygen atoms in total. The Labute approximate surface area is 474 Å². The van der Waals surface area contributed by atoms with Crippen molar-refractivity contribution in [2.75, 3.05) is 0 Å². The highest BCUT2D eigenvalue weighted by molar-refractivity contribution is 5.97. The molecule has 0 saturated carbocycles. The SMILES string of the molecule is C=C(C)C(C)CCC(=C)C(C)CCC(C)=CCCC1OC2(CCC(C)(C)C(C=CC(C)=CC=CC(C)=CC=CC=C(C)C=CC=C(C)C=CC3=C(C)C(=O)CCC3(C)C)=C2C)OC1(C)CCC(C)C(=C)CCC(C)C(=C)C. The number of allylic oxidation sites excluding steroid dienone is 27. The lowest BCUT2D eigenvalue weighted by molar-refractivity contribution is -0.174. The first kappa shape index (κ1) is 66.7. The summed E-state index contributed by atoms with van der Waals surface area (Å²) in [6, 6.07) is 0. The lowest BCUT2D eigenvalue weighted by atomic mass is 9.70. The van der Waals surface area contributed by atoms with Crippen LogP contribution in [0.2, 0.25) is 0 Å². The normalized spacial score (nSPS) is 24.7. The molecule has 0 amide bonds. The summed E-state index contributed by atoms with van der Waals surface area (Å²) in [5, 5.41) is 0. The molecule has 424 valence electrons. The maximum Gasteiger partial charge on any atom is 0.192 e. The first-order valence-electron chi connectivity index (χ1n) is 29.7. The summed E-state index contributed by atoms with van der Waals surface area (Å²) < 4.78 is 14.8. The molecule has 1 fully saturated rings. The lowest BCUT2D eigenvalue weighted by Gasteiger charge is -2.43. The lowest BCUT2D eigenvalue weighted by Crippen LogP contribution is -2.42. The predicted molar refractivity (Wildman–Crippen MR) is 339 cm³/mol. The molecule has 0 aromatic carbocycles. The van der Waals surface area contributed by atoms with Gasteiger partial charge in [-0.3, -0.25) is 4.79 Å². The number of carbonyl (C=O) groups excluding carboxylic acids is 1. The van der Waals surface area contributed by atoms with Crippen LogP contribution in [0.5, 0.6) is 0 Å². The molecule has 0 bridgehead atoms. The van der Waals surface area contributed by atoms with E-state index in [9.17, 15) is 4.79 Å². The smallest absolute Gasteiger partial charge is 0.192 e. The molecule has 3 rings (SSSR count). The topological polar surface area (TPSA) is 35.5 Å². The van der Waals surface area contributed by atoms with Gasteiger partial charge >= 0.3 is 0 Å². The Kier molecular flexibility index (Phi) is 26.6. The van der Waals surface area contributed by atoms with Crippen LogP contribution in [0.25, 0.3) is 0 Å². The number of hydrogen-bond acceptors (Lipinski definition) is 3. The van der Waals surface area contributed by atoms with Crippen molar-refractivity contribution in [3.8, 4) is 0 Å². The number of carbonyl (C=O) groups is 1. The Morgan fingerprint density at radius 3 is 1.56 bits per heavy atom. The molecule has 0 N–H and O–H groups in total. The third-order valence-electron chi connectivity index (χ3n) is 17.9. The van der Waals surface area contributed by atoms with E-state index in [0.717, 1.165) is 100 Å². The summed E-state index contributed by atoms with van der Waals surface area (Å²) >= 11 is 0. The van der Waals surface area contributed by atoms with Crippen LogP contribution in [-0.2, 0) is 14.3 Å². The highest BCUT2D eigenvalue weighted by Gasteiger charge is 2.57. The van der Waals surface area contributed by atoms with E-state index in [0.29, 0.717) is 30.1 Å². The molecule has 3 aliphatic rings. The molecule has 7 atom stereocenters. The van der Waals surface area contributed by atoms with Crippen molar-refractivity contribution in [3.63, 3.8) is 0 Å². The van der Waals surface area contributed by atoms with E-state index in [4.69, 9.17) is 9.47 Å². The van der Waals surface area contributed by atoms with Gasteiger partial charge in [0.2, 0.25) is 0 Å². The highest BCUT2D eigenvalue weighted by atomic mass is 16.8. The van der Waals surface area contributed by atoms with Gasteiger partial charge in [-0.25, -0.2) is 0 Å². The van der Waals surface area contributed by atoms with Gasteiger partial charge < -0.3 is 9.47 Å². The molecule has 2 aliphatic carbocycles. The summed E-state index contributed by atoms with van der Waals surface area (Å²) in [7, 11) is 0. The maximum absolute atomic E-state index is 12.3. The van der Waals surface area contributed by atoms with Crippen molar-refractivity contribution in [2.24, 2.45) is 34.5 Å². The van der Waals surface area contributed by atoms with E-state index in [1.807, 2.05) is 6.92 Å². The summed E-state index contributed by atoms with van der Waals surface area (Å²) in [6.07, 6.45) is 46.3. The summed E-state index contributed by atoms with van der Waals surface area (Å²) in [5.41, 5.74) is 15.5. The number of Topliss-reactive ketones (excluding diaryl/α,β-unsaturated/α-hetero) is 1. The molecule has 1 saturated heterocycles. The van der Waals surface area contributed by atoms with Gasteiger partial charge in [0.05, 0.1) is 11.7 Å². The Balaban J connectivity index is 1.75. The zero-order chi connectivity index (χ0) is 57.9. The van der Waals surface area contributed by atoms with Gasteiger partial charge in [-0.15, -0.1) is 0 Å². The second-order valence-corrected chi connectivity index (χ2v) is 25.9. The molecule has 77 heavy (non-hydrogen) atoms. The third-order valence-corrected chi connectivity index (χ3v) is 17.9. The molecule has 0 radical (unpaired) electrons. The fraction of sp³-hybridized carbons (Fsp3) is 0.554. The molecular formula is C74H110O3. The fourth-order valence-electron chi connectivity index (χ4n) is 10.8. The van der Waals surface area contributed by atoms with E-state index in [1.165, 1.54) is 55.7 Å². The number of rotatable bonds is 29. The van der Waals surface area contributed by atoms with Gasteiger partial charge in [0, 0.05) is 12.8 Å². The van der Waals surface area contributed by atoms with Crippen molar-refractivity contribution in [2.45, 2.75) is 232 Å². The van der Waals surface area contributed by atoms with Crippen molar-refractivity contribution < 1.29 is 14.3 Å². The van der Waals surface area contributed by atoms with E-state index < -0.39 is 11.4 Å². The van der Waals surface area contributed by atoms with Crippen LogP contribution in [0.4, 0.5) is 0 Å². The van der Waals surface area contributed by atoms with Gasteiger partial charge in [-0.2, -0.15) is 0 Å². The van der Waals surface area contributed by atoms with Gasteiger partial charge in [-0.1, -0.05) is 223 Å². The zero-order valence-electron chi connectivity index (χ0n) is 52.5. The van der Waals surface area contributed by atoms with Crippen molar-refractivity contribution in [1.29, 1.82) is 0 Å². The maximum atomic E-state index is 12.3. The van der Waals surface area contributed by atoms with Gasteiger partial charge in [0.15, 0.2) is 11.6 Å². The van der Waals surface area contributed by atoms with Crippen LogP contribution >= 0.6 is 0 Å². The van der Waals surface area contributed by atoms with E-state index in [1.54, 1.807) is 0 Å². The predicted octanol–water partition coefficient (Wildman–Crippen LogP) is 21.9. The number of hydrogen-bond donors (Lipinski definition) is 0. The van der Waals surface area contributed by atoms with Gasteiger partial charge in [0.25, 0.3) is 0 Å². The third kappa shape index (κ3) is 21.2. The molecule has 7 unspecified atom stereocenters. The average Bonchev–Trinajstić information content (AvgIpc) is 3.65. The first-order chi connectivity index (χ1) is 35.9. The van der Waals surface area contributed by atoms with Crippen LogP contribution in [-0.4, -0.2) is 23.3 Å². The second-order valence-electron chi connectivity index (χ2n) is 25.9. The zero-order valence-corrected chi connectivity index (χ0v) is 52.5. The minimum Gasteiger partial charge on any atom is -0.340 e. The Morgan fingerprint density at radius 1 is 0.584 bits per heavy atom. The molecule has 1 aliphatic heterocycles. The van der Waals surface area contributed by atoms with Gasteiger partial charge in [0.1, 0.15) is 0 Å². The van der Waals surface area contributed by atoms with Crippen molar-refractivity contribution in [3.05, 3.63) is 190 Å². The van der Waals surface area contributed by atoms with Crippen LogP contribution < -0.4 is 0 Å². The van der Waals surface area contributed by atoms with E-state index >= 15 is 0 Å². The van der Waals surface area contributed by atoms with Crippen LogP contribution in [0.15, 0.2) is 190 Å². The average molecular weight is 1050 g/mol. The molecule has 1 heterocycles. The highest BCUT2D eigenvalue weighted by Crippen LogP contribution is 2.55. The minimum atomic E-state index is -0.750. The Morgan fingerprint density at radius 2 is 1.04 bits per heavy atom. The largest absolute Gasteiger partial charge is 0.340 e. The fourth-order valence-corrected chi connectivity index (χ4v) is 10.8. The van der Waals surface area contributed by atoms with Crippen LogP contribution in [0, 0.1) is 34.5 Å². The second kappa shape index (κ2) is 30.7. The summed E-state index contributed by atoms with van der Waals surface area (Å²) in [4.78, 5) is 12.3. The standard InChI is InChI=1S/C74H110O3/c1-52(2)59(10)40-42-62(13)61(12)39-36-56(7)34-27-35-70-73(22,49-46-64(15)63(14)43-41-60(11)53(3)4)77-74(76-70)51-50-72(20,21)68(66(74)17)45-38-58(9)33-26-31-55(6)29-24-23-28-54(5)30-25-32-57(8)37-44-67-65(16)69(75)47-48-71(67,18)19/h23-26,28-34,37-38,44-45,59-61,64,70H,1,3,13-14,27,35-36,39-43,46-51H2,2,4-12,15-22H3. The van der Waals surface area contributed by atoms with Gasteiger partial charge in [-0.05, 0) is 203 Å². The molecule has 1 spiro atoms. The van der Waals surface area contributed by atoms with E-state index in [-0.39, 0.29) is 22.7 Å². The van der Waals surface area contributed by atoms with E-state index in [2.05, 4.69) is 235 Å². The molecule has 0 aromatic rings. The molecular weight excluding hydrogens is 937 g/mol. The first-order valence-corrected chi connectivity index (χ1v) is 29.7. The molecule has 0 aromatic heterocycles.